The number of carbonyl (C=O) groups excluding carboxylic acids is 1. The highest BCUT2D eigenvalue weighted by Gasteiger charge is 2.24. The number of carbonyl (C=O) groups is 1. The number of hydrogen-bond donors (Lipinski definition) is 2. The van der Waals surface area contributed by atoms with Crippen molar-refractivity contribution in [3.8, 4) is 0 Å². The number of rotatable bonds is 6. The molecule has 1 fully saturated rings. The minimum Gasteiger partial charge on any atom is -0.349 e. The standard InChI is InChI=1S/C21H27N3O3S/c1-3-24-15-13-18(14-16-24)22-21(25)17-9-11-20(12-10-17)28(26,27)23(2)19-7-5-4-6-8-19/h4-12,18H,3,13-16H2,1-2H3,(H,22,25)/p+1. The predicted molar refractivity (Wildman–Crippen MR) is 110 cm³/mol. The molecule has 0 radical (unpaired) electrons. The van der Waals surface area contributed by atoms with Crippen molar-refractivity contribution in [3.05, 3.63) is 60.2 Å². The van der Waals surface area contributed by atoms with E-state index in [-0.39, 0.29) is 16.8 Å². The summed E-state index contributed by atoms with van der Waals surface area (Å²) in [5.74, 6) is -0.148. The second kappa shape index (κ2) is 8.75. The largest absolute Gasteiger partial charge is 0.349 e. The number of likely N-dealkylation sites (tertiary alicyclic amines) is 1. The molecule has 2 aromatic rings. The molecule has 28 heavy (non-hydrogen) atoms. The first-order chi connectivity index (χ1) is 13.4. The summed E-state index contributed by atoms with van der Waals surface area (Å²) in [7, 11) is -2.15. The molecule has 0 spiro atoms. The number of para-hydroxylation sites is 1. The lowest BCUT2D eigenvalue weighted by Crippen LogP contribution is -3.13. The molecule has 0 bridgehead atoms. The van der Waals surface area contributed by atoms with Crippen molar-refractivity contribution in [1.82, 2.24) is 5.32 Å². The fourth-order valence-corrected chi connectivity index (χ4v) is 4.70. The highest BCUT2D eigenvalue weighted by atomic mass is 32.2. The average molecular weight is 403 g/mol. The molecular formula is C21H28N3O3S+. The fourth-order valence-electron chi connectivity index (χ4n) is 3.51. The molecule has 0 atom stereocenters. The van der Waals surface area contributed by atoms with Crippen LogP contribution < -0.4 is 14.5 Å². The van der Waals surface area contributed by atoms with E-state index in [0.717, 1.165) is 32.5 Å². The zero-order valence-electron chi connectivity index (χ0n) is 16.4. The molecule has 1 amide bonds. The van der Waals surface area contributed by atoms with Gasteiger partial charge in [-0.3, -0.25) is 9.10 Å². The van der Waals surface area contributed by atoms with E-state index >= 15 is 0 Å². The Labute approximate surface area is 167 Å². The highest BCUT2D eigenvalue weighted by molar-refractivity contribution is 7.92. The maximum atomic E-state index is 12.8. The van der Waals surface area contributed by atoms with Crippen molar-refractivity contribution < 1.29 is 18.1 Å². The van der Waals surface area contributed by atoms with Gasteiger partial charge in [-0.1, -0.05) is 18.2 Å². The monoisotopic (exact) mass is 402 g/mol. The van der Waals surface area contributed by atoms with Crippen molar-refractivity contribution in [2.75, 3.05) is 31.0 Å². The molecule has 7 heteroatoms. The third-order valence-corrected chi connectivity index (χ3v) is 7.22. The van der Waals surface area contributed by atoms with Gasteiger partial charge in [0.05, 0.1) is 30.2 Å². The van der Waals surface area contributed by atoms with Gasteiger partial charge in [-0.25, -0.2) is 8.42 Å². The molecule has 0 aliphatic carbocycles. The van der Waals surface area contributed by atoms with Crippen LogP contribution in [0.4, 0.5) is 5.69 Å². The van der Waals surface area contributed by atoms with E-state index in [9.17, 15) is 13.2 Å². The zero-order valence-corrected chi connectivity index (χ0v) is 17.2. The van der Waals surface area contributed by atoms with Gasteiger partial charge in [-0.2, -0.15) is 0 Å². The predicted octanol–water partition coefficient (Wildman–Crippen LogP) is 1.31. The maximum absolute atomic E-state index is 12.8. The van der Waals surface area contributed by atoms with Gasteiger partial charge in [0.2, 0.25) is 0 Å². The lowest BCUT2D eigenvalue weighted by Gasteiger charge is -2.29. The number of nitrogens with zero attached hydrogens (tertiary/aromatic N) is 1. The smallest absolute Gasteiger partial charge is 0.264 e. The van der Waals surface area contributed by atoms with Crippen molar-refractivity contribution in [1.29, 1.82) is 0 Å². The Kier molecular flexibility index (Phi) is 6.36. The van der Waals surface area contributed by atoms with Gasteiger partial charge in [-0.05, 0) is 43.3 Å². The summed E-state index contributed by atoms with van der Waals surface area (Å²) in [5, 5.41) is 3.07. The normalized spacial score (nSPS) is 19.8. The lowest BCUT2D eigenvalue weighted by atomic mass is 10.0. The van der Waals surface area contributed by atoms with Crippen molar-refractivity contribution in [2.45, 2.75) is 30.7 Å². The van der Waals surface area contributed by atoms with Crippen LogP contribution in [0.15, 0.2) is 59.5 Å². The number of sulfonamides is 1. The van der Waals surface area contributed by atoms with Crippen LogP contribution in [0.3, 0.4) is 0 Å². The average Bonchev–Trinajstić information content (AvgIpc) is 2.74. The number of amides is 1. The second-order valence-corrected chi connectivity index (χ2v) is 9.15. The van der Waals surface area contributed by atoms with Gasteiger partial charge in [0.25, 0.3) is 15.9 Å². The summed E-state index contributed by atoms with van der Waals surface area (Å²) in [4.78, 5) is 14.2. The SMILES string of the molecule is CC[NH+]1CCC(NC(=O)c2ccc(S(=O)(=O)N(C)c3ccccc3)cc2)CC1. The van der Waals surface area contributed by atoms with Crippen LogP contribution in [0.1, 0.15) is 30.1 Å². The Morgan fingerprint density at radius 2 is 1.68 bits per heavy atom. The minimum absolute atomic E-state index is 0.148. The van der Waals surface area contributed by atoms with E-state index < -0.39 is 10.0 Å². The summed E-state index contributed by atoms with van der Waals surface area (Å²) in [6.45, 7) is 5.45. The van der Waals surface area contributed by atoms with Crippen LogP contribution in [0, 0.1) is 0 Å². The van der Waals surface area contributed by atoms with E-state index in [1.807, 2.05) is 6.07 Å². The lowest BCUT2D eigenvalue weighted by molar-refractivity contribution is -0.903. The summed E-state index contributed by atoms with van der Waals surface area (Å²) < 4.78 is 26.9. The molecule has 0 aromatic heterocycles. The molecule has 0 saturated carbocycles. The van der Waals surface area contributed by atoms with Gasteiger partial charge >= 0.3 is 0 Å². The summed E-state index contributed by atoms with van der Waals surface area (Å²) in [6, 6.07) is 15.2. The topological polar surface area (TPSA) is 70.9 Å². The summed E-state index contributed by atoms with van der Waals surface area (Å²) in [6.07, 6.45) is 1.95. The Balaban J connectivity index is 1.66. The number of benzene rings is 2. The van der Waals surface area contributed by atoms with E-state index in [1.54, 1.807) is 41.3 Å². The van der Waals surface area contributed by atoms with Crippen LogP contribution in [-0.4, -0.2) is 47.0 Å². The Bertz CT molecular complexity index is 890. The molecule has 1 aliphatic heterocycles. The van der Waals surface area contributed by atoms with Crippen LogP contribution in [0.25, 0.3) is 0 Å². The van der Waals surface area contributed by atoms with Crippen molar-refractivity contribution >= 4 is 21.6 Å². The van der Waals surface area contributed by atoms with Gasteiger partial charge in [0.15, 0.2) is 0 Å². The van der Waals surface area contributed by atoms with Crippen LogP contribution in [0.5, 0.6) is 0 Å². The molecule has 3 rings (SSSR count). The molecule has 0 unspecified atom stereocenters. The maximum Gasteiger partial charge on any atom is 0.264 e. The van der Waals surface area contributed by atoms with Crippen LogP contribution in [0.2, 0.25) is 0 Å². The quantitative estimate of drug-likeness (QED) is 0.765. The molecule has 1 heterocycles. The van der Waals surface area contributed by atoms with Crippen LogP contribution in [-0.2, 0) is 10.0 Å². The Hall–Kier alpha value is -2.38. The third-order valence-electron chi connectivity index (χ3n) is 5.42. The van der Waals surface area contributed by atoms with E-state index in [1.165, 1.54) is 23.5 Å². The molecule has 1 saturated heterocycles. The highest BCUT2D eigenvalue weighted by Crippen LogP contribution is 2.22. The first-order valence-electron chi connectivity index (χ1n) is 9.70. The first-order valence-corrected chi connectivity index (χ1v) is 11.1. The molecule has 6 nitrogen and oxygen atoms in total. The van der Waals surface area contributed by atoms with Gasteiger partial charge in [0.1, 0.15) is 0 Å². The van der Waals surface area contributed by atoms with Gasteiger partial charge in [-0.15, -0.1) is 0 Å². The molecule has 150 valence electrons. The summed E-state index contributed by atoms with van der Waals surface area (Å²) >= 11 is 0. The third kappa shape index (κ3) is 4.54. The Morgan fingerprint density at radius 1 is 1.07 bits per heavy atom. The number of quaternary nitrogens is 1. The first kappa shape index (κ1) is 20.4. The van der Waals surface area contributed by atoms with Gasteiger partial charge in [0, 0.05) is 31.5 Å². The molecule has 1 aliphatic rings. The van der Waals surface area contributed by atoms with E-state index in [0.29, 0.717) is 11.3 Å². The van der Waals surface area contributed by atoms with Crippen molar-refractivity contribution in [2.24, 2.45) is 0 Å². The zero-order chi connectivity index (χ0) is 20.1. The van der Waals surface area contributed by atoms with Crippen molar-refractivity contribution in [3.63, 3.8) is 0 Å². The molecule has 2 aromatic carbocycles. The van der Waals surface area contributed by atoms with Crippen LogP contribution >= 0.6 is 0 Å². The number of hydrogen-bond acceptors (Lipinski definition) is 3. The number of nitrogens with one attached hydrogen (secondary N) is 2. The fraction of sp³-hybridized carbons (Fsp3) is 0.381. The Morgan fingerprint density at radius 3 is 2.25 bits per heavy atom. The minimum atomic E-state index is -3.67. The van der Waals surface area contributed by atoms with Gasteiger partial charge < -0.3 is 10.2 Å². The number of anilines is 1. The molecule has 2 N–H and O–H groups in total. The van der Waals surface area contributed by atoms with E-state index in [4.69, 9.17) is 0 Å². The second-order valence-electron chi connectivity index (χ2n) is 7.18. The molecular weight excluding hydrogens is 374 g/mol. The van der Waals surface area contributed by atoms with E-state index in [2.05, 4.69) is 12.2 Å². The number of piperidine rings is 1. The summed E-state index contributed by atoms with van der Waals surface area (Å²) in [5.41, 5.74) is 1.07.